The van der Waals surface area contributed by atoms with Crippen LogP contribution >= 0.6 is 0 Å². The van der Waals surface area contributed by atoms with Gasteiger partial charge in [0.05, 0.1) is 12.1 Å². The molecule has 0 spiro atoms. The smallest absolute Gasteiger partial charge is 0.435 e. The molecule has 0 aliphatic rings. The van der Waals surface area contributed by atoms with Crippen LogP contribution in [0, 0.1) is 0 Å². The normalized spacial score (nSPS) is 15.9. The van der Waals surface area contributed by atoms with Crippen molar-refractivity contribution in [2.45, 2.75) is 59.2 Å². The zero-order valence-corrected chi connectivity index (χ0v) is 11.0. The van der Waals surface area contributed by atoms with Crippen molar-refractivity contribution in [1.82, 2.24) is 0 Å². The van der Waals surface area contributed by atoms with Gasteiger partial charge in [0.2, 0.25) is 5.72 Å². The van der Waals surface area contributed by atoms with Gasteiger partial charge in [0.1, 0.15) is 0 Å². The molecule has 0 bridgehead atoms. The fourth-order valence-corrected chi connectivity index (χ4v) is 0.746. The minimum atomic E-state index is -0.945. The predicted octanol–water partition coefficient (Wildman–Crippen LogP) is 3.54. The van der Waals surface area contributed by atoms with Gasteiger partial charge in [-0.1, -0.05) is 6.92 Å². The van der Waals surface area contributed by atoms with E-state index in [4.69, 9.17) is 9.47 Å². The fourth-order valence-electron chi connectivity index (χ4n) is 0.746. The van der Waals surface area contributed by atoms with Gasteiger partial charge < -0.3 is 9.47 Å². The molecular formula is C11H22N2O3. The number of azo groups is 1. The molecule has 0 fully saturated rings. The summed E-state index contributed by atoms with van der Waals surface area (Å²) in [6.07, 6.45) is -0.162. The molecule has 0 aromatic rings. The average Bonchev–Trinajstić information content (AvgIpc) is 2.14. The van der Waals surface area contributed by atoms with E-state index in [9.17, 15) is 4.79 Å². The van der Waals surface area contributed by atoms with Crippen molar-refractivity contribution in [3.8, 4) is 0 Å². The van der Waals surface area contributed by atoms with Crippen LogP contribution in [-0.2, 0) is 9.47 Å². The topological polar surface area (TPSA) is 60.2 Å². The molecule has 1 unspecified atom stereocenters. The van der Waals surface area contributed by atoms with E-state index >= 15 is 0 Å². The molecule has 1 atom stereocenters. The maximum absolute atomic E-state index is 11.2. The van der Waals surface area contributed by atoms with Crippen molar-refractivity contribution in [3.05, 3.63) is 0 Å². The number of rotatable bonds is 4. The van der Waals surface area contributed by atoms with Gasteiger partial charge in [0.25, 0.3) is 0 Å². The molecule has 0 saturated carbocycles. The first-order chi connectivity index (χ1) is 7.22. The summed E-state index contributed by atoms with van der Waals surface area (Å²) in [5.41, 5.74) is -1.23. The van der Waals surface area contributed by atoms with E-state index in [0.29, 0.717) is 6.42 Å². The predicted molar refractivity (Wildman–Crippen MR) is 61.4 cm³/mol. The molecule has 5 nitrogen and oxygen atoms in total. The summed E-state index contributed by atoms with van der Waals surface area (Å²) < 4.78 is 9.81. The monoisotopic (exact) mass is 230 g/mol. The van der Waals surface area contributed by atoms with E-state index in [2.05, 4.69) is 10.2 Å². The summed E-state index contributed by atoms with van der Waals surface area (Å²) in [4.78, 5) is 11.2. The highest BCUT2D eigenvalue weighted by Crippen LogP contribution is 2.21. The van der Waals surface area contributed by atoms with Crippen LogP contribution in [-0.4, -0.2) is 24.0 Å². The Morgan fingerprint density at radius 1 is 1.12 bits per heavy atom. The minimum Gasteiger partial charge on any atom is -0.435 e. The lowest BCUT2D eigenvalue weighted by atomic mass is 10.1. The highest BCUT2D eigenvalue weighted by Gasteiger charge is 2.28. The molecule has 0 aliphatic carbocycles. The highest BCUT2D eigenvalue weighted by atomic mass is 16.7. The molecule has 0 saturated heterocycles. The molecule has 0 aromatic carbocycles. The summed E-state index contributed by atoms with van der Waals surface area (Å²) in [5, 5.41) is 8.17. The quantitative estimate of drug-likeness (QED) is 0.548. The molecule has 0 N–H and O–H groups in total. The molecule has 0 rings (SSSR count). The van der Waals surface area contributed by atoms with Gasteiger partial charge in [-0.05, 0) is 34.6 Å². The zero-order chi connectivity index (χ0) is 12.8. The van der Waals surface area contributed by atoms with Crippen LogP contribution in [0.25, 0.3) is 0 Å². The lowest BCUT2D eigenvalue weighted by Gasteiger charge is -2.23. The van der Waals surface area contributed by atoms with E-state index in [1.54, 1.807) is 13.8 Å². The molecule has 0 amide bonds. The summed E-state index contributed by atoms with van der Waals surface area (Å²) in [6.45, 7) is 11.4. The highest BCUT2D eigenvalue weighted by molar-refractivity contribution is 5.60. The Morgan fingerprint density at radius 3 is 2.06 bits per heavy atom. The maximum atomic E-state index is 11.2. The van der Waals surface area contributed by atoms with Gasteiger partial charge in [-0.2, -0.15) is 5.11 Å². The Balaban J connectivity index is 4.54. The van der Waals surface area contributed by atoms with Gasteiger partial charge in [-0.15, -0.1) is 5.11 Å². The first kappa shape index (κ1) is 14.9. The number of carbonyl (C=O) groups is 1. The van der Waals surface area contributed by atoms with Crippen LogP contribution in [0.1, 0.15) is 48.0 Å². The first-order valence-electron chi connectivity index (χ1n) is 5.52. The lowest BCUT2D eigenvalue weighted by Crippen LogP contribution is -2.29. The second kappa shape index (κ2) is 5.82. The van der Waals surface area contributed by atoms with Crippen molar-refractivity contribution >= 4 is 6.16 Å². The van der Waals surface area contributed by atoms with Gasteiger partial charge >= 0.3 is 6.16 Å². The Labute approximate surface area is 97.2 Å². The molecule has 0 aliphatic heterocycles. The van der Waals surface area contributed by atoms with Crippen LogP contribution in [0.5, 0.6) is 0 Å². The molecule has 16 heavy (non-hydrogen) atoms. The van der Waals surface area contributed by atoms with Gasteiger partial charge in [-0.25, -0.2) is 4.79 Å². The van der Waals surface area contributed by atoms with Crippen molar-refractivity contribution in [2.24, 2.45) is 10.2 Å². The number of ether oxygens (including phenoxy) is 2. The van der Waals surface area contributed by atoms with E-state index in [0.717, 1.165) is 0 Å². The van der Waals surface area contributed by atoms with Crippen molar-refractivity contribution in [3.63, 3.8) is 0 Å². The largest absolute Gasteiger partial charge is 0.510 e. The molecule has 0 aromatic heterocycles. The Kier molecular flexibility index (Phi) is 5.41. The first-order valence-corrected chi connectivity index (χ1v) is 5.52. The van der Waals surface area contributed by atoms with E-state index in [-0.39, 0.29) is 12.1 Å². The molecule has 0 heterocycles. The Hall–Kier alpha value is -1.13. The van der Waals surface area contributed by atoms with Crippen LogP contribution in [0.2, 0.25) is 0 Å². The van der Waals surface area contributed by atoms with E-state index in [1.165, 1.54) is 0 Å². The van der Waals surface area contributed by atoms with E-state index < -0.39 is 11.9 Å². The van der Waals surface area contributed by atoms with Gasteiger partial charge in [0.15, 0.2) is 0 Å². The summed E-state index contributed by atoms with van der Waals surface area (Å²) in [5.74, 6) is 0. The van der Waals surface area contributed by atoms with Gasteiger partial charge in [-0.3, -0.25) is 0 Å². The van der Waals surface area contributed by atoms with Crippen LogP contribution in [0.15, 0.2) is 10.2 Å². The Bertz CT molecular complexity index is 258. The summed E-state index contributed by atoms with van der Waals surface area (Å²) in [6, 6.07) is 0. The number of hydrogen-bond donors (Lipinski definition) is 0. The average molecular weight is 230 g/mol. The summed E-state index contributed by atoms with van der Waals surface area (Å²) >= 11 is 0. The molecule has 0 radical (unpaired) electrons. The van der Waals surface area contributed by atoms with Crippen LogP contribution < -0.4 is 0 Å². The minimum absolute atomic E-state index is 0.283. The Morgan fingerprint density at radius 2 is 1.69 bits per heavy atom. The molecule has 5 heteroatoms. The van der Waals surface area contributed by atoms with Crippen molar-refractivity contribution in [1.29, 1.82) is 0 Å². The fraction of sp³-hybridized carbons (Fsp3) is 0.909. The molecule has 94 valence electrons. The number of hydrogen-bond acceptors (Lipinski definition) is 5. The standard InChI is InChI=1S/C11H22N2O3/c1-7-11(6,13-12-10(3,4)5)16-9(14)15-8-2/h7-8H2,1-6H3. The molecular weight excluding hydrogens is 208 g/mol. The van der Waals surface area contributed by atoms with E-state index in [1.807, 2.05) is 27.7 Å². The second-order valence-corrected chi connectivity index (χ2v) is 4.68. The second-order valence-electron chi connectivity index (χ2n) is 4.68. The lowest BCUT2D eigenvalue weighted by molar-refractivity contribution is -0.0264. The third kappa shape index (κ3) is 6.37. The van der Waals surface area contributed by atoms with Crippen LogP contribution in [0.4, 0.5) is 4.79 Å². The zero-order valence-electron chi connectivity index (χ0n) is 11.0. The third-order valence-corrected chi connectivity index (χ3v) is 1.78. The SMILES string of the molecule is CCOC(=O)OC(C)(CC)N=NC(C)(C)C. The summed E-state index contributed by atoms with van der Waals surface area (Å²) in [7, 11) is 0. The van der Waals surface area contributed by atoms with Crippen molar-refractivity contribution in [2.75, 3.05) is 6.61 Å². The number of carbonyl (C=O) groups excluding carboxylic acids is 1. The number of nitrogens with zero attached hydrogens (tertiary/aromatic N) is 2. The third-order valence-electron chi connectivity index (χ3n) is 1.78. The van der Waals surface area contributed by atoms with Crippen LogP contribution in [0.3, 0.4) is 0 Å². The van der Waals surface area contributed by atoms with Crippen molar-refractivity contribution < 1.29 is 14.3 Å². The van der Waals surface area contributed by atoms with Gasteiger partial charge in [0, 0.05) is 6.42 Å². The maximum Gasteiger partial charge on any atom is 0.510 e.